The lowest BCUT2D eigenvalue weighted by atomic mass is 10.0. The fourth-order valence-electron chi connectivity index (χ4n) is 2.07. The molecule has 0 fully saturated rings. The van der Waals surface area contributed by atoms with Crippen LogP contribution in [0, 0.1) is 6.92 Å². The van der Waals surface area contributed by atoms with Crippen LogP contribution in [0.5, 0.6) is 0 Å². The highest BCUT2D eigenvalue weighted by Crippen LogP contribution is 2.32. The molecule has 0 aliphatic rings. The molecule has 1 aromatic heterocycles. The first kappa shape index (κ1) is 14.4. The van der Waals surface area contributed by atoms with E-state index >= 15 is 0 Å². The maximum absolute atomic E-state index is 10.6. The smallest absolute Gasteiger partial charge is 0.122 e. The van der Waals surface area contributed by atoms with Gasteiger partial charge in [0.2, 0.25) is 0 Å². The quantitative estimate of drug-likeness (QED) is 0.924. The van der Waals surface area contributed by atoms with Gasteiger partial charge in [0.1, 0.15) is 6.10 Å². The minimum atomic E-state index is -0.837. The molecular weight excluding hydrogens is 283 g/mol. The van der Waals surface area contributed by atoms with Crippen LogP contribution in [0.4, 0.5) is 0 Å². The molecule has 0 radical (unpaired) electrons. The highest BCUT2D eigenvalue weighted by molar-refractivity contribution is 6.31. The molecule has 19 heavy (non-hydrogen) atoms. The summed E-state index contributed by atoms with van der Waals surface area (Å²) >= 11 is 12.1. The van der Waals surface area contributed by atoms with E-state index in [1.165, 1.54) is 0 Å². The van der Waals surface area contributed by atoms with E-state index in [0.717, 1.165) is 11.1 Å². The molecule has 1 N–H and O–H groups in total. The van der Waals surface area contributed by atoms with Crippen LogP contribution in [-0.4, -0.2) is 14.9 Å². The Bertz CT molecular complexity index is 593. The van der Waals surface area contributed by atoms with Crippen LogP contribution in [0.2, 0.25) is 10.0 Å². The second kappa shape index (κ2) is 5.53. The van der Waals surface area contributed by atoms with Gasteiger partial charge in [0.25, 0.3) is 0 Å². The third kappa shape index (κ3) is 2.78. The highest BCUT2D eigenvalue weighted by Gasteiger charge is 2.22. The SMILES string of the molecule is Cc1ccc(Cl)cc1C(O)c1c(Cl)cnn1C(C)C. The summed E-state index contributed by atoms with van der Waals surface area (Å²) in [6.07, 6.45) is 0.719. The minimum absolute atomic E-state index is 0.122. The van der Waals surface area contributed by atoms with Crippen molar-refractivity contribution in [2.45, 2.75) is 32.9 Å². The lowest BCUT2D eigenvalue weighted by molar-refractivity contribution is 0.204. The topological polar surface area (TPSA) is 38.1 Å². The van der Waals surface area contributed by atoms with Crippen molar-refractivity contribution in [3.05, 3.63) is 51.3 Å². The summed E-state index contributed by atoms with van der Waals surface area (Å²) in [6, 6.07) is 5.56. The fourth-order valence-corrected chi connectivity index (χ4v) is 2.49. The molecule has 102 valence electrons. The van der Waals surface area contributed by atoms with E-state index in [-0.39, 0.29) is 6.04 Å². The number of aliphatic hydroxyl groups excluding tert-OH is 1. The van der Waals surface area contributed by atoms with Crippen LogP contribution in [0.3, 0.4) is 0 Å². The molecule has 0 saturated carbocycles. The molecule has 1 unspecified atom stereocenters. The van der Waals surface area contributed by atoms with Crippen LogP contribution in [0.1, 0.15) is 42.8 Å². The Balaban J connectivity index is 2.52. The zero-order valence-electron chi connectivity index (χ0n) is 11.1. The summed E-state index contributed by atoms with van der Waals surface area (Å²) in [6.45, 7) is 5.91. The normalized spacial score (nSPS) is 13.0. The monoisotopic (exact) mass is 298 g/mol. The summed E-state index contributed by atoms with van der Waals surface area (Å²) < 4.78 is 1.73. The van der Waals surface area contributed by atoms with Gasteiger partial charge >= 0.3 is 0 Å². The third-order valence-electron chi connectivity index (χ3n) is 3.07. The lowest BCUT2D eigenvalue weighted by Crippen LogP contribution is -2.13. The van der Waals surface area contributed by atoms with Crippen molar-refractivity contribution in [1.82, 2.24) is 9.78 Å². The number of rotatable bonds is 3. The average Bonchev–Trinajstić information content (AvgIpc) is 2.73. The van der Waals surface area contributed by atoms with E-state index < -0.39 is 6.10 Å². The Hall–Kier alpha value is -1.03. The Labute approximate surface area is 122 Å². The zero-order chi connectivity index (χ0) is 14.2. The first-order valence-electron chi connectivity index (χ1n) is 6.08. The van der Waals surface area contributed by atoms with Crippen molar-refractivity contribution < 1.29 is 5.11 Å². The molecule has 0 aliphatic heterocycles. The van der Waals surface area contributed by atoms with E-state index in [9.17, 15) is 5.11 Å². The van der Waals surface area contributed by atoms with Crippen LogP contribution in [0.15, 0.2) is 24.4 Å². The maximum atomic E-state index is 10.6. The number of benzene rings is 1. The molecule has 5 heteroatoms. The van der Waals surface area contributed by atoms with Crippen molar-refractivity contribution in [2.75, 3.05) is 0 Å². The van der Waals surface area contributed by atoms with Gasteiger partial charge in [-0.1, -0.05) is 29.3 Å². The fraction of sp³-hybridized carbons (Fsp3) is 0.357. The van der Waals surface area contributed by atoms with E-state index in [1.54, 1.807) is 23.0 Å². The molecular formula is C14H16Cl2N2O. The van der Waals surface area contributed by atoms with Gasteiger partial charge in [0.15, 0.2) is 0 Å². The van der Waals surface area contributed by atoms with Crippen molar-refractivity contribution >= 4 is 23.2 Å². The first-order valence-corrected chi connectivity index (χ1v) is 6.84. The van der Waals surface area contributed by atoms with Crippen LogP contribution >= 0.6 is 23.2 Å². The third-order valence-corrected chi connectivity index (χ3v) is 3.60. The second-order valence-electron chi connectivity index (χ2n) is 4.82. The number of halogens is 2. The molecule has 1 aromatic carbocycles. The summed E-state index contributed by atoms with van der Waals surface area (Å²) in [4.78, 5) is 0. The molecule has 0 bridgehead atoms. The summed E-state index contributed by atoms with van der Waals surface area (Å²) in [5.41, 5.74) is 2.31. The second-order valence-corrected chi connectivity index (χ2v) is 5.66. The van der Waals surface area contributed by atoms with E-state index in [4.69, 9.17) is 23.2 Å². The van der Waals surface area contributed by atoms with E-state index in [0.29, 0.717) is 15.7 Å². The Morgan fingerprint density at radius 1 is 1.26 bits per heavy atom. The predicted octanol–water partition coefficient (Wildman–Crippen LogP) is 4.16. The highest BCUT2D eigenvalue weighted by atomic mass is 35.5. The van der Waals surface area contributed by atoms with Crippen LogP contribution in [0.25, 0.3) is 0 Å². The molecule has 0 saturated heterocycles. The molecule has 1 atom stereocenters. The average molecular weight is 299 g/mol. The summed E-state index contributed by atoms with van der Waals surface area (Å²) in [5, 5.41) is 15.8. The van der Waals surface area contributed by atoms with Gasteiger partial charge in [-0.3, -0.25) is 4.68 Å². The number of aromatic nitrogens is 2. The van der Waals surface area contributed by atoms with Crippen molar-refractivity contribution in [2.24, 2.45) is 0 Å². The largest absolute Gasteiger partial charge is 0.382 e. The zero-order valence-corrected chi connectivity index (χ0v) is 12.6. The van der Waals surface area contributed by atoms with Gasteiger partial charge < -0.3 is 5.11 Å². The van der Waals surface area contributed by atoms with Gasteiger partial charge in [0.05, 0.1) is 16.9 Å². The van der Waals surface area contributed by atoms with Crippen molar-refractivity contribution in [3.63, 3.8) is 0 Å². The molecule has 2 aromatic rings. The first-order chi connectivity index (χ1) is 8.91. The van der Waals surface area contributed by atoms with Crippen molar-refractivity contribution in [1.29, 1.82) is 0 Å². The number of hydrogen-bond acceptors (Lipinski definition) is 2. The summed E-state index contributed by atoms with van der Waals surface area (Å²) in [7, 11) is 0. The molecule has 0 aliphatic carbocycles. The number of hydrogen-bond donors (Lipinski definition) is 1. The summed E-state index contributed by atoms with van der Waals surface area (Å²) in [5.74, 6) is 0. The molecule has 1 heterocycles. The van der Waals surface area contributed by atoms with Crippen LogP contribution in [-0.2, 0) is 0 Å². The number of nitrogens with zero attached hydrogens (tertiary/aromatic N) is 2. The van der Waals surface area contributed by atoms with Crippen LogP contribution < -0.4 is 0 Å². The van der Waals surface area contributed by atoms with Gasteiger partial charge in [0, 0.05) is 11.1 Å². The molecule has 0 spiro atoms. The van der Waals surface area contributed by atoms with Gasteiger partial charge in [-0.15, -0.1) is 0 Å². The number of aliphatic hydroxyl groups is 1. The van der Waals surface area contributed by atoms with Gasteiger partial charge in [-0.25, -0.2) is 0 Å². The standard InChI is InChI=1S/C14H16Cl2N2O/c1-8(2)18-13(12(16)7-17-18)14(19)11-6-10(15)5-4-9(11)3/h4-8,14,19H,1-3H3. The minimum Gasteiger partial charge on any atom is -0.382 e. The number of aryl methyl sites for hydroxylation is 1. The van der Waals surface area contributed by atoms with Gasteiger partial charge in [-0.05, 0) is 44.0 Å². The molecule has 3 nitrogen and oxygen atoms in total. The maximum Gasteiger partial charge on any atom is 0.122 e. The Morgan fingerprint density at radius 3 is 2.58 bits per heavy atom. The molecule has 2 rings (SSSR count). The van der Waals surface area contributed by atoms with E-state index in [2.05, 4.69) is 5.10 Å². The Kier molecular flexibility index (Phi) is 4.19. The van der Waals surface area contributed by atoms with E-state index in [1.807, 2.05) is 26.8 Å². The predicted molar refractivity (Wildman–Crippen MR) is 77.9 cm³/mol. The lowest BCUT2D eigenvalue weighted by Gasteiger charge is -2.18. The van der Waals surface area contributed by atoms with Gasteiger partial charge in [-0.2, -0.15) is 5.10 Å². The molecule has 0 amide bonds. The van der Waals surface area contributed by atoms with Crippen molar-refractivity contribution in [3.8, 4) is 0 Å². The Morgan fingerprint density at radius 2 is 1.95 bits per heavy atom.